The quantitative estimate of drug-likeness (QED) is 0.195. The van der Waals surface area contributed by atoms with Gasteiger partial charge in [-0.05, 0) is 18.8 Å². The van der Waals surface area contributed by atoms with E-state index < -0.39 is 17.2 Å². The standard InChI is InChI=1S/C22H28N6O4.2BrH/c1-13(2)12-28-19(15-9-7-14(8-10-15)18(23)24)25-17-20(28)26(3)22(32)27(21(17)31)11-5-4-6-16(29)30;;/h7-10,13H,4-6,11-12H2,1-3H3,(H3,23,24)(H,29,30);2*1H. The van der Waals surface area contributed by atoms with Gasteiger partial charge >= 0.3 is 11.7 Å². The van der Waals surface area contributed by atoms with E-state index in [2.05, 4.69) is 4.98 Å². The first kappa shape index (κ1) is 29.3. The molecular formula is C22H30Br2N6O4. The lowest BCUT2D eigenvalue weighted by Crippen LogP contribution is -2.39. The molecule has 34 heavy (non-hydrogen) atoms. The Morgan fingerprint density at radius 2 is 1.74 bits per heavy atom. The molecule has 12 heteroatoms. The Bertz CT molecular complexity index is 1290. The number of nitrogens with two attached hydrogens (primary N) is 1. The van der Waals surface area contributed by atoms with Crippen LogP contribution in [0.4, 0.5) is 0 Å². The molecule has 0 amide bonds. The molecule has 4 N–H and O–H groups in total. The highest BCUT2D eigenvalue weighted by Gasteiger charge is 2.21. The van der Waals surface area contributed by atoms with Gasteiger partial charge in [-0.3, -0.25) is 24.1 Å². The van der Waals surface area contributed by atoms with Gasteiger partial charge in [-0.2, -0.15) is 0 Å². The largest absolute Gasteiger partial charge is 0.481 e. The summed E-state index contributed by atoms with van der Waals surface area (Å²) in [5.74, 6) is -0.162. The molecule has 0 saturated heterocycles. The monoisotopic (exact) mass is 600 g/mol. The molecule has 186 valence electrons. The number of aryl methyl sites for hydroxylation is 1. The third-order valence-corrected chi connectivity index (χ3v) is 5.25. The zero-order valence-corrected chi connectivity index (χ0v) is 22.7. The van der Waals surface area contributed by atoms with Crippen molar-refractivity contribution in [2.24, 2.45) is 18.7 Å². The summed E-state index contributed by atoms with van der Waals surface area (Å²) in [5.41, 5.74) is 6.57. The molecule has 10 nitrogen and oxygen atoms in total. The number of hydrogen-bond donors (Lipinski definition) is 3. The van der Waals surface area contributed by atoms with Crippen molar-refractivity contribution >= 4 is 56.9 Å². The number of aliphatic carboxylic acids is 1. The summed E-state index contributed by atoms with van der Waals surface area (Å²) in [7, 11) is 1.61. The van der Waals surface area contributed by atoms with Crippen LogP contribution in [0.1, 0.15) is 38.7 Å². The number of carboxylic acids is 1. The number of hydrogen-bond acceptors (Lipinski definition) is 5. The van der Waals surface area contributed by atoms with Crippen LogP contribution in [0.25, 0.3) is 22.6 Å². The first-order valence-electron chi connectivity index (χ1n) is 10.5. The van der Waals surface area contributed by atoms with E-state index in [1.54, 1.807) is 31.3 Å². The molecule has 2 heterocycles. The second-order valence-electron chi connectivity index (χ2n) is 8.25. The van der Waals surface area contributed by atoms with Crippen molar-refractivity contribution in [2.45, 2.75) is 46.2 Å². The fraction of sp³-hybridized carbons (Fsp3) is 0.409. The van der Waals surface area contributed by atoms with E-state index in [1.807, 2.05) is 18.4 Å². The van der Waals surface area contributed by atoms with Gasteiger partial charge in [0.1, 0.15) is 17.3 Å². The fourth-order valence-corrected chi connectivity index (χ4v) is 3.71. The Kier molecular flexibility index (Phi) is 10.4. The van der Waals surface area contributed by atoms with Crippen molar-refractivity contribution in [3.8, 4) is 11.4 Å². The molecular weight excluding hydrogens is 572 g/mol. The van der Waals surface area contributed by atoms with Crippen LogP contribution >= 0.6 is 34.0 Å². The average Bonchev–Trinajstić information content (AvgIpc) is 3.10. The third kappa shape index (κ3) is 6.03. The van der Waals surface area contributed by atoms with Gasteiger partial charge in [-0.25, -0.2) is 9.78 Å². The molecule has 2 aromatic heterocycles. The van der Waals surface area contributed by atoms with Crippen LogP contribution in [0.5, 0.6) is 0 Å². The van der Waals surface area contributed by atoms with Gasteiger partial charge < -0.3 is 15.4 Å². The van der Waals surface area contributed by atoms with E-state index in [9.17, 15) is 14.4 Å². The van der Waals surface area contributed by atoms with Gasteiger partial charge in [0, 0.05) is 37.7 Å². The lowest BCUT2D eigenvalue weighted by Gasteiger charge is -2.14. The summed E-state index contributed by atoms with van der Waals surface area (Å²) < 4.78 is 4.43. The molecule has 3 aromatic rings. The van der Waals surface area contributed by atoms with Gasteiger partial charge in [0.05, 0.1) is 0 Å². The van der Waals surface area contributed by atoms with Crippen molar-refractivity contribution in [3.05, 3.63) is 50.7 Å². The van der Waals surface area contributed by atoms with Gasteiger partial charge in [0.25, 0.3) is 5.56 Å². The molecule has 0 saturated carbocycles. The van der Waals surface area contributed by atoms with Crippen molar-refractivity contribution in [3.63, 3.8) is 0 Å². The SMILES string of the molecule is Br.Br.CC(C)Cn1c(-c2ccc(C(=N)N)cc2)nc2c(=O)n(CCCCC(=O)O)c(=O)n(C)c21. The normalized spacial score (nSPS) is 10.7. The molecule has 0 bridgehead atoms. The van der Waals surface area contributed by atoms with E-state index >= 15 is 0 Å². The van der Waals surface area contributed by atoms with Crippen LogP contribution < -0.4 is 17.0 Å². The van der Waals surface area contributed by atoms with E-state index in [4.69, 9.17) is 16.2 Å². The molecule has 3 rings (SSSR count). The minimum absolute atomic E-state index is 0. The topological polar surface area (TPSA) is 149 Å². The highest BCUT2D eigenvalue weighted by Crippen LogP contribution is 2.24. The Labute approximate surface area is 217 Å². The number of amidine groups is 1. The van der Waals surface area contributed by atoms with Crippen LogP contribution in [0.3, 0.4) is 0 Å². The predicted octanol–water partition coefficient (Wildman–Crippen LogP) is 2.91. The van der Waals surface area contributed by atoms with Gasteiger partial charge in [-0.15, -0.1) is 34.0 Å². The van der Waals surface area contributed by atoms with Crippen molar-refractivity contribution < 1.29 is 9.90 Å². The summed E-state index contributed by atoms with van der Waals surface area (Å²) in [6, 6.07) is 7.02. The molecule has 0 aliphatic carbocycles. The summed E-state index contributed by atoms with van der Waals surface area (Å²) in [6.07, 6.45) is 0.762. The van der Waals surface area contributed by atoms with E-state index in [-0.39, 0.29) is 64.2 Å². The van der Waals surface area contributed by atoms with Crippen LogP contribution in [-0.4, -0.2) is 35.6 Å². The summed E-state index contributed by atoms with van der Waals surface area (Å²) in [6.45, 7) is 4.76. The number of fused-ring (bicyclic) bond motifs is 1. The Balaban J connectivity index is 0.00000289. The maximum Gasteiger partial charge on any atom is 0.332 e. The summed E-state index contributed by atoms with van der Waals surface area (Å²) in [5, 5.41) is 16.4. The molecule has 0 spiro atoms. The maximum absolute atomic E-state index is 13.2. The smallest absolute Gasteiger partial charge is 0.332 e. The summed E-state index contributed by atoms with van der Waals surface area (Å²) in [4.78, 5) is 41.5. The van der Waals surface area contributed by atoms with Crippen molar-refractivity contribution in [1.29, 1.82) is 5.41 Å². The number of unbranched alkanes of at least 4 members (excludes halogenated alkanes) is 1. The highest BCUT2D eigenvalue weighted by molar-refractivity contribution is 8.93. The number of nitrogens with one attached hydrogen (secondary N) is 1. The second-order valence-corrected chi connectivity index (χ2v) is 8.25. The van der Waals surface area contributed by atoms with Crippen molar-refractivity contribution in [1.82, 2.24) is 18.7 Å². The number of nitrogens with zero attached hydrogens (tertiary/aromatic N) is 4. The molecule has 0 aliphatic rings. The van der Waals surface area contributed by atoms with Crippen LogP contribution in [-0.2, 0) is 24.9 Å². The van der Waals surface area contributed by atoms with Crippen molar-refractivity contribution in [2.75, 3.05) is 0 Å². The van der Waals surface area contributed by atoms with Crippen LogP contribution in [0.15, 0.2) is 33.9 Å². The highest BCUT2D eigenvalue weighted by atomic mass is 79.9. The van der Waals surface area contributed by atoms with Crippen LogP contribution in [0, 0.1) is 11.3 Å². The number of benzene rings is 1. The molecule has 1 aromatic carbocycles. The molecule has 0 radical (unpaired) electrons. The van der Waals surface area contributed by atoms with E-state index in [0.29, 0.717) is 36.4 Å². The minimum atomic E-state index is -0.909. The fourth-order valence-electron chi connectivity index (χ4n) is 3.71. The van der Waals surface area contributed by atoms with Gasteiger partial charge in [0.2, 0.25) is 0 Å². The molecule has 0 fully saturated rings. The zero-order chi connectivity index (χ0) is 23.6. The minimum Gasteiger partial charge on any atom is -0.481 e. The maximum atomic E-state index is 13.2. The average molecular weight is 602 g/mol. The molecule has 0 unspecified atom stereocenters. The van der Waals surface area contributed by atoms with Crippen LogP contribution in [0.2, 0.25) is 0 Å². The lowest BCUT2D eigenvalue weighted by atomic mass is 10.1. The first-order chi connectivity index (χ1) is 15.1. The molecule has 0 aliphatic heterocycles. The Morgan fingerprint density at radius 3 is 2.26 bits per heavy atom. The number of carbonyl (C=O) groups is 1. The Hall–Kier alpha value is -2.73. The predicted molar refractivity (Wildman–Crippen MR) is 143 cm³/mol. The number of aromatic nitrogens is 4. The first-order valence-corrected chi connectivity index (χ1v) is 10.5. The second kappa shape index (κ2) is 12.1. The molecule has 0 atom stereocenters. The Morgan fingerprint density at radius 1 is 1.12 bits per heavy atom. The van der Waals surface area contributed by atoms with E-state index in [1.165, 1.54) is 4.57 Å². The van der Waals surface area contributed by atoms with E-state index in [0.717, 1.165) is 10.1 Å². The zero-order valence-electron chi connectivity index (χ0n) is 19.3. The number of carboxylic acid groups (broad SMARTS) is 1. The number of halogens is 2. The number of nitrogen functional groups attached to an aromatic ring is 1. The van der Waals surface area contributed by atoms with Gasteiger partial charge in [-0.1, -0.05) is 38.1 Å². The van der Waals surface area contributed by atoms with Gasteiger partial charge in [0.15, 0.2) is 5.52 Å². The lowest BCUT2D eigenvalue weighted by molar-refractivity contribution is -0.137. The third-order valence-electron chi connectivity index (χ3n) is 5.25. The number of imidazole rings is 1. The number of rotatable bonds is 9. The summed E-state index contributed by atoms with van der Waals surface area (Å²) >= 11 is 0.